The lowest BCUT2D eigenvalue weighted by molar-refractivity contribution is 0.0699. The zero-order valence-corrected chi connectivity index (χ0v) is 76.6. The Labute approximate surface area is 794 Å². The summed E-state index contributed by atoms with van der Waals surface area (Å²) >= 11 is 12.2. The van der Waals surface area contributed by atoms with Gasteiger partial charge >= 0.3 is 0 Å². The molecule has 0 spiro atoms. The van der Waals surface area contributed by atoms with Crippen LogP contribution >= 0.6 is 23.2 Å². The fourth-order valence-electron chi connectivity index (χ4n) is 15.9. The molecule has 135 heavy (non-hydrogen) atoms. The second kappa shape index (κ2) is 45.4. The normalized spacial score (nSPS) is 13.4. The first-order chi connectivity index (χ1) is 65.3. The molecule has 0 aliphatic carbocycles. The van der Waals surface area contributed by atoms with E-state index in [1.807, 2.05) is 301 Å². The van der Waals surface area contributed by atoms with E-state index in [1.165, 1.54) is 12.1 Å². The van der Waals surface area contributed by atoms with Crippen molar-refractivity contribution in [2.45, 2.75) is 146 Å². The molecule has 9 aromatic carbocycles. The molecule has 0 bridgehead atoms. The molecule has 0 radical (unpaired) electrons. The van der Waals surface area contributed by atoms with Gasteiger partial charge in [0.15, 0.2) is 0 Å². The highest BCUT2D eigenvalue weighted by Crippen LogP contribution is 2.30. The largest absolute Gasteiger partial charge is 0.472 e. The molecule has 0 unspecified atom stereocenters. The molecule has 692 valence electrons. The van der Waals surface area contributed by atoms with Crippen molar-refractivity contribution in [1.29, 1.82) is 0 Å². The van der Waals surface area contributed by atoms with Crippen molar-refractivity contribution in [2.24, 2.45) is 0 Å². The minimum atomic E-state index is -0.285. The van der Waals surface area contributed by atoms with Crippen LogP contribution in [0.1, 0.15) is 151 Å². The van der Waals surface area contributed by atoms with Crippen LogP contribution < -0.4 is 23.7 Å². The van der Waals surface area contributed by atoms with E-state index in [1.54, 1.807) is 47.6 Å². The minimum Gasteiger partial charge on any atom is -0.472 e. The van der Waals surface area contributed by atoms with Gasteiger partial charge in [0, 0.05) is 116 Å². The van der Waals surface area contributed by atoms with Crippen molar-refractivity contribution in [1.82, 2.24) is 78.4 Å². The van der Waals surface area contributed by atoms with Crippen molar-refractivity contribution in [2.75, 3.05) is 32.7 Å². The van der Waals surface area contributed by atoms with E-state index in [0.29, 0.717) is 161 Å². The number of carbonyl (C=O) groups excluding carboxylic acids is 5. The third-order valence-corrected chi connectivity index (χ3v) is 24.0. The van der Waals surface area contributed by atoms with Gasteiger partial charge in [-0.3, -0.25) is 52.4 Å². The quantitative estimate of drug-likeness (QED) is 0.0688. The number of benzene rings is 9. The number of halogens is 3. The lowest BCUT2D eigenvalue weighted by Gasteiger charge is -2.27. The fraction of sp³-hybridized carbons (Fsp3) is 0.255. The van der Waals surface area contributed by atoms with Crippen molar-refractivity contribution in [3.05, 3.63) is 408 Å². The first-order valence-electron chi connectivity index (χ1n) is 44.7. The molecule has 5 aliphatic rings. The Bertz CT molecular complexity index is 6530. The highest BCUT2D eigenvalue weighted by atomic mass is 35.5. The lowest BCUT2D eigenvalue weighted by Crippen LogP contribution is -2.38. The zero-order chi connectivity index (χ0) is 92.8. The number of fused-ring (bicyclic) bond motifs is 5. The molecule has 11 heterocycles. The van der Waals surface area contributed by atoms with E-state index >= 15 is 0 Å². The predicted molar refractivity (Wildman–Crippen MR) is 514 cm³/mol. The van der Waals surface area contributed by atoms with Gasteiger partial charge in [-0.25, -0.2) is 4.39 Å². The van der Waals surface area contributed by atoms with Crippen LogP contribution in [0.5, 0.6) is 29.4 Å². The molecule has 15 aromatic rings. The summed E-state index contributed by atoms with van der Waals surface area (Å²) in [5.41, 5.74) is 17.6. The molecule has 6 aromatic heterocycles. The number of ether oxygens (including phenoxy) is 5. The van der Waals surface area contributed by atoms with E-state index in [-0.39, 0.29) is 49.4 Å². The molecule has 5 aliphatic heterocycles. The zero-order valence-electron chi connectivity index (χ0n) is 75.1. The molecule has 0 atom stereocenters. The van der Waals surface area contributed by atoms with Crippen molar-refractivity contribution in [3.63, 3.8) is 0 Å². The second-order valence-electron chi connectivity index (χ2n) is 33.3. The van der Waals surface area contributed by atoms with Gasteiger partial charge in [0.05, 0.1) is 91.4 Å². The van der Waals surface area contributed by atoms with Crippen LogP contribution in [-0.4, -0.2) is 141 Å². The van der Waals surface area contributed by atoms with E-state index in [0.717, 1.165) is 122 Å². The molecule has 0 N–H and O–H groups in total. The van der Waals surface area contributed by atoms with Gasteiger partial charge in [-0.2, -0.15) is 0 Å². The number of nitrogens with zero attached hydrogens (tertiary/aromatic N) is 16. The van der Waals surface area contributed by atoms with Crippen molar-refractivity contribution < 1.29 is 52.0 Å². The van der Waals surface area contributed by atoms with Crippen LogP contribution in [0.3, 0.4) is 0 Å². The maximum absolute atomic E-state index is 13.3. The second-order valence-corrected chi connectivity index (χ2v) is 34.1. The van der Waals surface area contributed by atoms with Crippen LogP contribution in [0.15, 0.2) is 285 Å². The summed E-state index contributed by atoms with van der Waals surface area (Å²) in [5.74, 6) is 2.66. The number of aromatic nitrogens is 11. The Balaban J connectivity index is 0.000000128. The summed E-state index contributed by atoms with van der Waals surface area (Å²) in [6.45, 7) is 19.4. The Kier molecular flexibility index (Phi) is 31.9. The molecule has 29 heteroatoms. The average Bonchev–Trinajstić information content (AvgIpc) is 1.77. The van der Waals surface area contributed by atoms with Crippen molar-refractivity contribution in [3.8, 4) is 29.4 Å². The van der Waals surface area contributed by atoms with E-state index in [9.17, 15) is 28.4 Å². The standard InChI is InChI=1S/C22H22FN3O2.C21H20ClN3O2.C21H22N4O2.C21H21N3O2.C20H18ClN3O2.CH4/c1-16-6-8-18(9-7-16)22(27)25-10-3-11-26-20(14-25)13-21(24-26)28-15-17-4-2-5-19(23)12-17;1-15-11-17(7-8-19(15)22)21(26)24-9-10-25-18(13-24)12-20(23-25)27-14-16-5-3-2-4-6-16;1-16-3-5-18(6-4-16)21(26)24-11-2-12-25-19(14-24)13-20(23-25)27-15-17-7-9-22-10-8-17;1-16-6-5-9-18(12-16)21(25)23-10-11-24-19(14-23)13-20(22-24)26-15-17-7-3-2-4-8-17;21-18-9-5-4-8-17(18)20(25)23-10-11-24-16(13-23)12-19(22-24)26-14-15-6-2-1-3-7-15;/h2,4-9,12-13H,3,10-11,14-15H2,1H3;2-8,11-12H,9-10,13-14H2,1H3;3-10,13H,2,11-12,14-15H2,1H3;2-9,12-13H,10-11,14-15H2,1H3;1-9,12H,10-11,13-14H2;1H4. The fourth-order valence-corrected chi connectivity index (χ4v) is 16.2. The van der Waals surface area contributed by atoms with Crippen LogP contribution in [0, 0.1) is 33.5 Å². The van der Waals surface area contributed by atoms with Gasteiger partial charge in [0.1, 0.15) is 38.9 Å². The van der Waals surface area contributed by atoms with Gasteiger partial charge < -0.3 is 48.2 Å². The smallest absolute Gasteiger partial charge is 0.255 e. The number of amides is 5. The Hall–Kier alpha value is -15.0. The molecule has 0 saturated carbocycles. The van der Waals surface area contributed by atoms with Crippen LogP contribution in [0.4, 0.5) is 4.39 Å². The maximum atomic E-state index is 13.3. The molecule has 0 saturated heterocycles. The third-order valence-electron chi connectivity index (χ3n) is 23.2. The number of carbonyl (C=O) groups is 5. The highest BCUT2D eigenvalue weighted by molar-refractivity contribution is 6.33. The summed E-state index contributed by atoms with van der Waals surface area (Å²) in [5, 5.41) is 23.7. The number of pyridine rings is 1. The SMILES string of the molecule is C.Cc1cc(C(=O)N2CCn3nc(OCc4ccccc4)cc3C2)ccc1Cl.Cc1ccc(C(=O)N2CCCn3nc(OCc4cccc(F)c4)cc3C2)cc1.Cc1ccc(C(=O)N2CCCn3nc(OCc4ccncc4)cc3C2)cc1.Cc1cccc(C(=O)N2CCn3nc(OCc4ccccc4)cc3C2)c1.O=C(c1ccccc1Cl)N1CCn2nc(OCc3ccccc3)cc2C1. The third kappa shape index (κ3) is 25.5. The maximum Gasteiger partial charge on any atom is 0.255 e. The molecular formula is C106H107Cl2FN16O10. The van der Waals surface area contributed by atoms with Gasteiger partial charge in [0.2, 0.25) is 29.4 Å². The van der Waals surface area contributed by atoms with E-state index < -0.39 is 0 Å². The summed E-state index contributed by atoms with van der Waals surface area (Å²) < 4.78 is 51.8. The summed E-state index contributed by atoms with van der Waals surface area (Å²) in [6, 6.07) is 85.3. The minimum absolute atomic E-state index is 0. The first kappa shape index (κ1) is 94.7. The van der Waals surface area contributed by atoms with Gasteiger partial charge in [-0.1, -0.05) is 199 Å². The number of rotatable bonds is 20. The number of hydrogen-bond acceptors (Lipinski definition) is 16. The Morgan fingerprint density at radius 2 is 0.630 bits per heavy atom. The molecule has 0 fully saturated rings. The van der Waals surface area contributed by atoms with Gasteiger partial charge in [0.25, 0.3) is 29.5 Å². The van der Waals surface area contributed by atoms with Crippen LogP contribution in [-0.2, 0) is 98.5 Å². The first-order valence-corrected chi connectivity index (χ1v) is 45.4. The molecule has 20 rings (SSSR count). The van der Waals surface area contributed by atoms with Gasteiger partial charge in [-0.15, -0.1) is 25.5 Å². The number of hydrogen-bond donors (Lipinski definition) is 0. The topological polar surface area (TPSA) is 250 Å². The summed E-state index contributed by atoms with van der Waals surface area (Å²) in [6.07, 6.45) is 5.19. The molecular weight excluding hydrogens is 1750 g/mol. The van der Waals surface area contributed by atoms with E-state index in [2.05, 4.69) is 30.5 Å². The predicted octanol–water partition coefficient (Wildman–Crippen LogP) is 19.1. The Morgan fingerprint density at radius 1 is 0.296 bits per heavy atom. The van der Waals surface area contributed by atoms with Crippen LogP contribution in [0.25, 0.3) is 0 Å². The highest BCUT2D eigenvalue weighted by Gasteiger charge is 2.30. The van der Waals surface area contributed by atoms with Crippen molar-refractivity contribution >= 4 is 52.7 Å². The Morgan fingerprint density at radius 3 is 1.02 bits per heavy atom. The molecule has 5 amide bonds. The van der Waals surface area contributed by atoms with Gasteiger partial charge in [-0.05, 0) is 165 Å². The number of aryl methyl sites for hydroxylation is 6. The monoisotopic (exact) mass is 1850 g/mol. The average molecular weight is 1860 g/mol. The molecule has 26 nitrogen and oxygen atoms in total. The van der Waals surface area contributed by atoms with E-state index in [4.69, 9.17) is 46.9 Å². The summed E-state index contributed by atoms with van der Waals surface area (Å²) in [7, 11) is 0. The lowest BCUT2D eigenvalue weighted by atomic mass is 10.1. The van der Waals surface area contributed by atoms with Crippen LogP contribution in [0.2, 0.25) is 10.0 Å². The summed E-state index contributed by atoms with van der Waals surface area (Å²) in [4.78, 5) is 77.2.